The van der Waals surface area contributed by atoms with Crippen LogP contribution in [0.3, 0.4) is 0 Å². The molecular formula is C24H21NO3. The Morgan fingerprint density at radius 3 is 2.18 bits per heavy atom. The van der Waals surface area contributed by atoms with Crippen molar-refractivity contribution in [3.63, 3.8) is 0 Å². The zero-order valence-electron chi connectivity index (χ0n) is 15.6. The summed E-state index contributed by atoms with van der Waals surface area (Å²) in [5.74, 6) is -0.700. The minimum atomic E-state index is -1.82. The van der Waals surface area contributed by atoms with Crippen molar-refractivity contribution in [2.45, 2.75) is 18.9 Å². The summed E-state index contributed by atoms with van der Waals surface area (Å²) in [5.41, 5.74) is 1.91. The maximum atomic E-state index is 12.9. The first-order valence-electron chi connectivity index (χ1n) is 9.37. The lowest BCUT2D eigenvalue weighted by Gasteiger charge is -2.22. The number of carbonyl (C=O) groups is 2. The monoisotopic (exact) mass is 371 g/mol. The highest BCUT2D eigenvalue weighted by molar-refractivity contribution is 6.10. The van der Waals surface area contributed by atoms with Crippen LogP contribution in [0.25, 0.3) is 11.1 Å². The number of aliphatic hydroxyl groups is 1. The molecule has 3 aromatic carbocycles. The first-order valence-corrected chi connectivity index (χ1v) is 9.37. The molecule has 140 valence electrons. The molecule has 1 heterocycles. The molecule has 0 bridgehead atoms. The average Bonchev–Trinajstić information content (AvgIpc) is 2.95. The Balaban J connectivity index is 1.61. The van der Waals surface area contributed by atoms with E-state index in [9.17, 15) is 14.7 Å². The predicted octanol–water partition coefficient (Wildman–Crippen LogP) is 4.18. The van der Waals surface area contributed by atoms with E-state index in [2.05, 4.69) is 0 Å². The second-order valence-corrected chi connectivity index (χ2v) is 6.97. The molecule has 0 aliphatic carbocycles. The molecule has 0 unspecified atom stereocenters. The van der Waals surface area contributed by atoms with Gasteiger partial charge in [-0.1, -0.05) is 72.8 Å². The number of ketones is 1. The van der Waals surface area contributed by atoms with Crippen molar-refractivity contribution in [2.75, 3.05) is 11.4 Å². The number of nitrogens with zero attached hydrogens (tertiary/aromatic N) is 1. The van der Waals surface area contributed by atoms with Gasteiger partial charge in [0.05, 0.1) is 12.1 Å². The van der Waals surface area contributed by atoms with Crippen molar-refractivity contribution in [2.24, 2.45) is 0 Å². The van der Waals surface area contributed by atoms with Gasteiger partial charge in [0, 0.05) is 17.7 Å². The third-order valence-corrected chi connectivity index (χ3v) is 5.29. The Morgan fingerprint density at radius 2 is 1.50 bits per heavy atom. The van der Waals surface area contributed by atoms with E-state index in [1.165, 1.54) is 4.90 Å². The van der Waals surface area contributed by atoms with Gasteiger partial charge in [0.25, 0.3) is 5.91 Å². The minimum Gasteiger partial charge on any atom is -0.375 e. The van der Waals surface area contributed by atoms with Crippen molar-refractivity contribution in [1.82, 2.24) is 0 Å². The summed E-state index contributed by atoms with van der Waals surface area (Å²) in [6, 6.07) is 24.3. The van der Waals surface area contributed by atoms with Gasteiger partial charge in [-0.05, 0) is 24.1 Å². The van der Waals surface area contributed by atoms with Crippen LogP contribution in [0.1, 0.15) is 29.3 Å². The normalized spacial score (nSPS) is 18.2. The number of hydrogen-bond donors (Lipinski definition) is 1. The number of benzene rings is 3. The number of Topliss-reactive ketones (excluding diaryl/α,β-unsaturated/α-hetero) is 1. The Labute approximate surface area is 164 Å². The SMILES string of the molecule is CCN1C(=O)[C@](O)(CC(=O)c2ccc(-c3ccccc3)cc2)c2ccccc21. The van der Waals surface area contributed by atoms with Crippen LogP contribution in [0.15, 0.2) is 78.9 Å². The molecule has 1 atom stereocenters. The summed E-state index contributed by atoms with van der Waals surface area (Å²) in [7, 11) is 0. The number of fused-ring (bicyclic) bond motifs is 1. The molecule has 0 saturated heterocycles. The maximum Gasteiger partial charge on any atom is 0.264 e. The largest absolute Gasteiger partial charge is 0.375 e. The summed E-state index contributed by atoms with van der Waals surface area (Å²) in [6.07, 6.45) is -0.274. The molecule has 0 spiro atoms. The molecule has 28 heavy (non-hydrogen) atoms. The van der Waals surface area contributed by atoms with Crippen LogP contribution in [-0.4, -0.2) is 23.3 Å². The van der Waals surface area contributed by atoms with E-state index in [4.69, 9.17) is 0 Å². The molecule has 4 nitrogen and oxygen atoms in total. The molecule has 0 saturated carbocycles. The van der Waals surface area contributed by atoms with Gasteiger partial charge in [-0.2, -0.15) is 0 Å². The van der Waals surface area contributed by atoms with E-state index < -0.39 is 11.5 Å². The molecule has 3 aromatic rings. The molecule has 1 aliphatic rings. The number of para-hydroxylation sites is 1. The average molecular weight is 371 g/mol. The molecule has 4 heteroatoms. The van der Waals surface area contributed by atoms with E-state index in [0.717, 1.165) is 11.1 Å². The van der Waals surface area contributed by atoms with Crippen molar-refractivity contribution in [1.29, 1.82) is 0 Å². The Kier molecular flexibility index (Phi) is 4.57. The van der Waals surface area contributed by atoms with Gasteiger partial charge < -0.3 is 10.0 Å². The Bertz CT molecular complexity index is 1030. The number of anilines is 1. The number of hydrogen-bond acceptors (Lipinski definition) is 3. The van der Waals surface area contributed by atoms with Crippen LogP contribution in [0.5, 0.6) is 0 Å². The fourth-order valence-corrected chi connectivity index (χ4v) is 3.80. The van der Waals surface area contributed by atoms with Crippen LogP contribution in [0.2, 0.25) is 0 Å². The van der Waals surface area contributed by atoms with E-state index in [0.29, 0.717) is 23.4 Å². The fourth-order valence-electron chi connectivity index (χ4n) is 3.80. The Morgan fingerprint density at radius 1 is 0.893 bits per heavy atom. The molecule has 0 radical (unpaired) electrons. The van der Waals surface area contributed by atoms with Gasteiger partial charge in [0.1, 0.15) is 0 Å². The number of rotatable bonds is 5. The van der Waals surface area contributed by atoms with E-state index in [-0.39, 0.29) is 12.2 Å². The summed E-state index contributed by atoms with van der Waals surface area (Å²) in [4.78, 5) is 27.2. The third-order valence-electron chi connectivity index (χ3n) is 5.29. The minimum absolute atomic E-state index is 0.261. The van der Waals surface area contributed by atoms with E-state index >= 15 is 0 Å². The standard InChI is InChI=1S/C24H21NO3/c1-2-25-21-11-7-6-10-20(21)24(28,23(25)27)16-22(26)19-14-12-18(13-15-19)17-8-4-3-5-9-17/h3-15,28H,2,16H2,1H3/t24-/m0/s1. The van der Waals surface area contributed by atoms with E-state index in [1.807, 2.05) is 55.5 Å². The second-order valence-electron chi connectivity index (χ2n) is 6.97. The van der Waals surface area contributed by atoms with Crippen LogP contribution in [-0.2, 0) is 10.4 Å². The van der Waals surface area contributed by atoms with Crippen molar-refractivity contribution < 1.29 is 14.7 Å². The highest BCUT2D eigenvalue weighted by Gasteiger charge is 2.50. The zero-order valence-corrected chi connectivity index (χ0v) is 15.6. The van der Waals surface area contributed by atoms with Crippen LogP contribution in [0.4, 0.5) is 5.69 Å². The maximum absolute atomic E-state index is 12.9. The summed E-state index contributed by atoms with van der Waals surface area (Å²) >= 11 is 0. The van der Waals surface area contributed by atoms with Gasteiger partial charge in [-0.15, -0.1) is 0 Å². The van der Waals surface area contributed by atoms with Gasteiger partial charge in [-0.3, -0.25) is 9.59 Å². The molecular weight excluding hydrogens is 350 g/mol. The summed E-state index contributed by atoms with van der Waals surface area (Å²) in [6.45, 7) is 2.29. The lowest BCUT2D eigenvalue weighted by atomic mass is 9.88. The number of likely N-dealkylation sites (N-methyl/N-ethyl adjacent to an activating group) is 1. The molecule has 1 amide bonds. The lowest BCUT2D eigenvalue weighted by molar-refractivity contribution is -0.135. The molecule has 1 aliphatic heterocycles. The quantitative estimate of drug-likeness (QED) is 0.685. The number of carbonyl (C=O) groups excluding carboxylic acids is 2. The van der Waals surface area contributed by atoms with Gasteiger partial charge in [-0.25, -0.2) is 0 Å². The zero-order chi connectivity index (χ0) is 19.7. The summed E-state index contributed by atoms with van der Waals surface area (Å²) < 4.78 is 0. The highest BCUT2D eigenvalue weighted by atomic mass is 16.3. The first-order chi connectivity index (χ1) is 13.5. The highest BCUT2D eigenvalue weighted by Crippen LogP contribution is 2.42. The molecule has 4 rings (SSSR count). The number of amides is 1. The van der Waals surface area contributed by atoms with Crippen molar-refractivity contribution >= 4 is 17.4 Å². The van der Waals surface area contributed by atoms with Gasteiger partial charge >= 0.3 is 0 Å². The van der Waals surface area contributed by atoms with Crippen molar-refractivity contribution in [3.8, 4) is 11.1 Å². The van der Waals surface area contributed by atoms with Crippen LogP contribution >= 0.6 is 0 Å². The molecule has 1 N–H and O–H groups in total. The Hall–Kier alpha value is -3.24. The second kappa shape index (κ2) is 7.06. The van der Waals surface area contributed by atoms with E-state index in [1.54, 1.807) is 30.3 Å². The van der Waals surface area contributed by atoms with Crippen LogP contribution < -0.4 is 4.90 Å². The van der Waals surface area contributed by atoms with Crippen LogP contribution in [0, 0.1) is 0 Å². The molecule has 0 fully saturated rings. The smallest absolute Gasteiger partial charge is 0.264 e. The topological polar surface area (TPSA) is 57.6 Å². The van der Waals surface area contributed by atoms with Crippen molar-refractivity contribution in [3.05, 3.63) is 90.0 Å². The first kappa shape index (κ1) is 18.1. The summed E-state index contributed by atoms with van der Waals surface area (Å²) in [5, 5.41) is 11.2. The third kappa shape index (κ3) is 2.92. The molecule has 0 aromatic heterocycles. The van der Waals surface area contributed by atoms with Gasteiger partial charge in [0.2, 0.25) is 0 Å². The van der Waals surface area contributed by atoms with Gasteiger partial charge in [0.15, 0.2) is 11.4 Å². The predicted molar refractivity (Wildman–Crippen MR) is 109 cm³/mol. The lowest BCUT2D eigenvalue weighted by Crippen LogP contribution is -2.41. The fraction of sp³-hybridized carbons (Fsp3) is 0.167.